The summed E-state index contributed by atoms with van der Waals surface area (Å²) in [5, 5.41) is -1.95. The zero-order valence-electron chi connectivity index (χ0n) is 27.2. The Hall–Kier alpha value is -1.44. The fraction of sp³-hybridized carbons (Fsp3) is 0.543. The molecule has 2 aromatic carbocycles. The first kappa shape index (κ1) is 41.6. The summed E-state index contributed by atoms with van der Waals surface area (Å²) < 4.78 is 43.4. The fourth-order valence-corrected chi connectivity index (χ4v) is 6.96. The fourth-order valence-electron chi connectivity index (χ4n) is 5.28. The van der Waals surface area contributed by atoms with E-state index in [0.717, 1.165) is 51.4 Å². The van der Waals surface area contributed by atoms with E-state index in [4.69, 9.17) is 9.47 Å². The van der Waals surface area contributed by atoms with Crippen molar-refractivity contribution in [1.29, 1.82) is 0 Å². The molecule has 4 unspecified atom stereocenters. The molecular weight excluding hydrogens is 614 g/mol. The van der Waals surface area contributed by atoms with Crippen molar-refractivity contribution in [3.05, 3.63) is 71.3 Å². The topological polar surface area (TPSA) is 107 Å². The molecule has 1 aliphatic rings. The van der Waals surface area contributed by atoms with E-state index < -0.39 is 33.7 Å². The van der Waals surface area contributed by atoms with Crippen LogP contribution in [0.3, 0.4) is 0 Å². The Balaban J connectivity index is 0.000000497. The summed E-state index contributed by atoms with van der Waals surface area (Å²) in [6.07, 6.45) is 9.09. The van der Waals surface area contributed by atoms with Crippen LogP contribution in [0.1, 0.15) is 107 Å². The van der Waals surface area contributed by atoms with Crippen LogP contribution in [0, 0.1) is 11.8 Å². The van der Waals surface area contributed by atoms with Crippen molar-refractivity contribution in [1.82, 2.24) is 0 Å². The molecule has 0 bridgehead atoms. The van der Waals surface area contributed by atoms with E-state index in [-0.39, 0.29) is 54.6 Å². The van der Waals surface area contributed by atoms with E-state index >= 15 is 0 Å². The van der Waals surface area contributed by atoms with E-state index in [2.05, 4.69) is 74.5 Å². The van der Waals surface area contributed by atoms with Crippen LogP contribution >= 0.6 is 0 Å². The van der Waals surface area contributed by atoms with Crippen molar-refractivity contribution in [3.63, 3.8) is 0 Å². The minimum absolute atomic E-state index is 0. The number of carbonyl (C=O) groups is 2. The summed E-state index contributed by atoms with van der Waals surface area (Å²) in [5.74, 6) is -1.61. The number of ether oxygens (including phenoxy) is 2. The molecular formula is C35H52AlNaO7S. The third kappa shape index (κ3) is 14.5. The molecule has 0 radical (unpaired) electrons. The second-order valence-corrected chi connectivity index (χ2v) is 14.4. The van der Waals surface area contributed by atoms with Gasteiger partial charge in [-0.1, -0.05) is 127 Å². The van der Waals surface area contributed by atoms with Crippen LogP contribution in [0.5, 0.6) is 0 Å². The molecule has 4 atom stereocenters. The monoisotopic (exact) mass is 666 g/mol. The first-order chi connectivity index (χ1) is 21.0. The zero-order chi connectivity index (χ0) is 32.5. The summed E-state index contributed by atoms with van der Waals surface area (Å²) in [7, 11) is -4.76. The second kappa shape index (κ2) is 22.2. The van der Waals surface area contributed by atoms with Crippen molar-refractivity contribution in [2.24, 2.45) is 11.8 Å². The van der Waals surface area contributed by atoms with Gasteiger partial charge in [0.2, 0.25) is 16.3 Å². The van der Waals surface area contributed by atoms with E-state index in [1.54, 1.807) is 0 Å². The van der Waals surface area contributed by atoms with Crippen LogP contribution in [0.4, 0.5) is 0 Å². The Labute approximate surface area is 301 Å². The van der Waals surface area contributed by atoms with Crippen molar-refractivity contribution < 1.29 is 32.0 Å². The van der Waals surface area contributed by atoms with Gasteiger partial charge in [-0.2, -0.15) is 8.42 Å². The first-order valence-electron chi connectivity index (χ1n) is 16.2. The SMILES string of the molecule is CCCCC(CC)COC(=O)CC(C(=O)OCC(CC)CCCC)S(=O)(=O)O.[AlH2][CH]1C(c2ccccc2)=Cc2ccccc21.[NaH]. The molecule has 3 rings (SSSR count). The average Bonchev–Trinajstić information content (AvgIpc) is 3.36. The molecule has 0 aromatic heterocycles. The standard InChI is InChI=1S/C20H38O7S.C15H11.Al.Na.3H/c1-5-9-11-16(7-3)14-26-19(21)13-18(28(23,24)25)20(22)27-15-17(8-4)12-10-6-2;1-2-6-12(7-3-1)15-10-13-8-4-5-9-14(13)11-15;;;;;/h16-18H,5-15H2,1-4H3,(H,23,24,25);1-11H;;;;;. The molecule has 1 aliphatic carbocycles. The number of hydrogen-bond acceptors (Lipinski definition) is 6. The molecule has 10 heteroatoms. The van der Waals surface area contributed by atoms with Crippen LogP contribution in [0.2, 0.25) is 0 Å². The van der Waals surface area contributed by atoms with Gasteiger partial charge in [0.15, 0.2) is 5.25 Å². The number of fused-ring (bicyclic) bond motifs is 1. The summed E-state index contributed by atoms with van der Waals surface area (Å²) in [5.41, 5.74) is 5.78. The molecule has 0 heterocycles. The van der Waals surface area contributed by atoms with Crippen LogP contribution in [-0.4, -0.2) is 89.2 Å². The van der Waals surface area contributed by atoms with Crippen molar-refractivity contribution in [2.75, 3.05) is 13.2 Å². The van der Waals surface area contributed by atoms with E-state index in [9.17, 15) is 22.6 Å². The second-order valence-electron chi connectivity index (χ2n) is 11.7. The molecule has 0 aliphatic heterocycles. The molecule has 1 N–H and O–H groups in total. The first-order valence-corrected chi connectivity index (χ1v) is 18.9. The predicted octanol–water partition coefficient (Wildman–Crippen LogP) is 6.42. The van der Waals surface area contributed by atoms with Crippen molar-refractivity contribution in [3.8, 4) is 0 Å². The number of allylic oxidation sites excluding steroid dienone is 1. The molecule has 45 heavy (non-hydrogen) atoms. The number of rotatable bonds is 17. The van der Waals surface area contributed by atoms with E-state index in [1.165, 1.54) is 38.6 Å². The number of hydrogen-bond donors (Lipinski definition) is 1. The van der Waals surface area contributed by atoms with Crippen LogP contribution < -0.4 is 0 Å². The number of benzene rings is 2. The Morgan fingerprint density at radius 3 is 1.89 bits per heavy atom. The van der Waals surface area contributed by atoms with Gasteiger partial charge in [-0.25, -0.2) is 0 Å². The maximum atomic E-state index is 12.2. The average molecular weight is 667 g/mol. The number of esters is 2. The Kier molecular flexibility index (Phi) is 20.5. The third-order valence-electron chi connectivity index (χ3n) is 8.35. The summed E-state index contributed by atoms with van der Waals surface area (Å²) in [4.78, 5) is 24.2. The zero-order valence-corrected chi connectivity index (χ0v) is 30.0. The van der Waals surface area contributed by atoms with Gasteiger partial charge in [0.25, 0.3) is 10.1 Å². The summed E-state index contributed by atoms with van der Waals surface area (Å²) >= 11 is 1.18. The molecule has 0 fully saturated rings. The van der Waals surface area contributed by atoms with Crippen LogP contribution in [-0.2, 0) is 29.2 Å². The van der Waals surface area contributed by atoms with Gasteiger partial charge in [-0.15, -0.1) is 0 Å². The quantitative estimate of drug-likeness (QED) is 0.118. The molecule has 0 saturated carbocycles. The summed E-state index contributed by atoms with van der Waals surface area (Å²) in [6, 6.07) is 19.5. The molecule has 2 aromatic rings. The van der Waals surface area contributed by atoms with E-state index in [1.807, 2.05) is 13.8 Å². The van der Waals surface area contributed by atoms with Gasteiger partial charge in [0.1, 0.15) is 0 Å². The van der Waals surface area contributed by atoms with Crippen molar-refractivity contribution in [2.45, 2.75) is 95.5 Å². The minimum atomic E-state index is -4.76. The molecule has 0 amide bonds. The number of carbonyl (C=O) groups excluding carboxylic acids is 2. The third-order valence-corrected chi connectivity index (χ3v) is 10.7. The molecule has 244 valence electrons. The number of unbranched alkanes of at least 4 members (excludes halogenated alkanes) is 2. The van der Waals surface area contributed by atoms with Crippen LogP contribution in [0.25, 0.3) is 11.6 Å². The maximum absolute atomic E-state index is 12.2. The van der Waals surface area contributed by atoms with Gasteiger partial charge in [0, 0.05) is 0 Å². The molecule has 0 spiro atoms. The summed E-state index contributed by atoms with van der Waals surface area (Å²) in [6.45, 7) is 8.35. The van der Waals surface area contributed by atoms with Gasteiger partial charge < -0.3 is 9.47 Å². The van der Waals surface area contributed by atoms with Crippen LogP contribution in [0.15, 0.2) is 54.6 Å². The Morgan fingerprint density at radius 1 is 0.844 bits per heavy atom. The molecule has 7 nitrogen and oxygen atoms in total. The predicted molar refractivity (Wildman–Crippen MR) is 188 cm³/mol. The van der Waals surface area contributed by atoms with E-state index in [0.29, 0.717) is 4.78 Å². The van der Waals surface area contributed by atoms with Gasteiger partial charge in [0.05, 0.1) is 19.6 Å². The van der Waals surface area contributed by atoms with Gasteiger partial charge in [-0.05, 0) is 51.7 Å². The Morgan fingerprint density at radius 2 is 1.38 bits per heavy atom. The normalized spacial score (nSPS) is 15.7. The van der Waals surface area contributed by atoms with Crippen molar-refractivity contribution >= 4 is 79.6 Å². The van der Waals surface area contributed by atoms with Gasteiger partial charge >= 0.3 is 41.5 Å². The Bertz CT molecular complexity index is 1300. The van der Waals surface area contributed by atoms with Gasteiger partial charge in [-0.3, -0.25) is 14.1 Å². The molecule has 0 saturated heterocycles.